The van der Waals surface area contributed by atoms with Gasteiger partial charge in [-0.05, 0) is 34.5 Å². The Morgan fingerprint density at radius 3 is 2.62 bits per heavy atom. The van der Waals surface area contributed by atoms with Crippen LogP contribution in [-0.4, -0.2) is 9.97 Å². The maximum Gasteiger partial charge on any atom is 0.317 e. The summed E-state index contributed by atoms with van der Waals surface area (Å²) in [6, 6.07) is 10.3. The summed E-state index contributed by atoms with van der Waals surface area (Å²) in [7, 11) is 0. The van der Waals surface area contributed by atoms with Crippen molar-refractivity contribution in [2.45, 2.75) is 13.5 Å². The third kappa shape index (κ3) is 3.03. The van der Waals surface area contributed by atoms with Crippen LogP contribution in [0.15, 0.2) is 41.1 Å². The van der Waals surface area contributed by atoms with E-state index in [4.69, 9.17) is 4.74 Å². The van der Waals surface area contributed by atoms with Crippen molar-refractivity contribution in [2.24, 2.45) is 0 Å². The lowest BCUT2D eigenvalue weighted by Gasteiger charge is -2.04. The SMILES string of the molecule is Cc1ccc(COc2nccc(Br)n2)cc1. The van der Waals surface area contributed by atoms with Crippen LogP contribution in [0.5, 0.6) is 6.01 Å². The standard InChI is InChI=1S/C12H11BrN2O/c1-9-2-4-10(5-3-9)8-16-12-14-7-6-11(13)15-12/h2-7H,8H2,1H3. The fourth-order valence-corrected chi connectivity index (χ4v) is 1.49. The lowest BCUT2D eigenvalue weighted by atomic mass is 10.2. The number of ether oxygens (including phenoxy) is 1. The summed E-state index contributed by atoms with van der Waals surface area (Å²) in [5.41, 5.74) is 2.34. The van der Waals surface area contributed by atoms with Gasteiger partial charge in [-0.25, -0.2) is 4.98 Å². The Balaban J connectivity index is 1.99. The predicted molar refractivity (Wildman–Crippen MR) is 65.2 cm³/mol. The van der Waals surface area contributed by atoms with E-state index in [1.165, 1.54) is 5.56 Å². The number of hydrogen-bond donors (Lipinski definition) is 0. The van der Waals surface area contributed by atoms with Gasteiger partial charge in [-0.15, -0.1) is 0 Å². The fourth-order valence-electron chi connectivity index (χ4n) is 1.22. The molecule has 0 radical (unpaired) electrons. The highest BCUT2D eigenvalue weighted by atomic mass is 79.9. The molecular formula is C12H11BrN2O. The van der Waals surface area contributed by atoms with Gasteiger partial charge in [0.1, 0.15) is 11.2 Å². The summed E-state index contributed by atoms with van der Waals surface area (Å²) >= 11 is 3.27. The van der Waals surface area contributed by atoms with Crippen LogP contribution in [0, 0.1) is 6.92 Å². The molecule has 0 bridgehead atoms. The smallest absolute Gasteiger partial charge is 0.317 e. The van der Waals surface area contributed by atoms with Crippen molar-refractivity contribution in [1.29, 1.82) is 0 Å². The normalized spacial score (nSPS) is 10.1. The van der Waals surface area contributed by atoms with E-state index in [9.17, 15) is 0 Å². The van der Waals surface area contributed by atoms with Crippen LogP contribution in [0.3, 0.4) is 0 Å². The van der Waals surface area contributed by atoms with E-state index in [0.29, 0.717) is 12.6 Å². The van der Waals surface area contributed by atoms with E-state index in [0.717, 1.165) is 10.2 Å². The second kappa shape index (κ2) is 5.07. The average molecular weight is 279 g/mol. The van der Waals surface area contributed by atoms with Crippen molar-refractivity contribution in [3.8, 4) is 6.01 Å². The number of aromatic nitrogens is 2. The molecule has 0 amide bonds. The van der Waals surface area contributed by atoms with Crippen molar-refractivity contribution in [3.63, 3.8) is 0 Å². The second-order valence-electron chi connectivity index (χ2n) is 3.44. The molecule has 1 heterocycles. The third-order valence-corrected chi connectivity index (χ3v) is 2.53. The Morgan fingerprint density at radius 1 is 1.19 bits per heavy atom. The maximum absolute atomic E-state index is 5.46. The quantitative estimate of drug-likeness (QED) is 0.810. The molecule has 0 saturated carbocycles. The molecule has 0 atom stereocenters. The number of benzene rings is 1. The van der Waals surface area contributed by atoms with Crippen molar-refractivity contribution < 1.29 is 4.74 Å². The molecule has 4 heteroatoms. The van der Waals surface area contributed by atoms with E-state index in [2.05, 4.69) is 45.0 Å². The van der Waals surface area contributed by atoms with Gasteiger partial charge in [0.15, 0.2) is 0 Å². The first kappa shape index (κ1) is 11.1. The zero-order valence-electron chi connectivity index (χ0n) is 8.85. The number of hydrogen-bond acceptors (Lipinski definition) is 3. The molecule has 1 aromatic carbocycles. The van der Waals surface area contributed by atoms with E-state index >= 15 is 0 Å². The first-order chi connectivity index (χ1) is 7.74. The first-order valence-corrected chi connectivity index (χ1v) is 5.70. The molecular weight excluding hydrogens is 268 g/mol. The Hall–Kier alpha value is -1.42. The number of aryl methyl sites for hydroxylation is 1. The lowest BCUT2D eigenvalue weighted by molar-refractivity contribution is 0.280. The molecule has 0 aliphatic heterocycles. The fraction of sp³-hybridized carbons (Fsp3) is 0.167. The monoisotopic (exact) mass is 278 g/mol. The second-order valence-corrected chi connectivity index (χ2v) is 4.25. The van der Waals surface area contributed by atoms with Gasteiger partial charge in [-0.2, -0.15) is 4.98 Å². The van der Waals surface area contributed by atoms with Gasteiger partial charge in [0.25, 0.3) is 0 Å². The van der Waals surface area contributed by atoms with Crippen molar-refractivity contribution in [2.75, 3.05) is 0 Å². The first-order valence-electron chi connectivity index (χ1n) is 4.91. The molecule has 0 fully saturated rings. The summed E-state index contributed by atoms with van der Waals surface area (Å²) in [5, 5.41) is 0. The van der Waals surface area contributed by atoms with Crippen LogP contribution in [0.2, 0.25) is 0 Å². The summed E-state index contributed by atoms with van der Waals surface area (Å²) in [5.74, 6) is 0. The van der Waals surface area contributed by atoms with Gasteiger partial charge in [0, 0.05) is 6.20 Å². The molecule has 0 N–H and O–H groups in total. The van der Waals surface area contributed by atoms with E-state index in [1.807, 2.05) is 12.1 Å². The van der Waals surface area contributed by atoms with E-state index < -0.39 is 0 Å². The third-order valence-electron chi connectivity index (χ3n) is 2.09. The number of nitrogens with zero attached hydrogens (tertiary/aromatic N) is 2. The Morgan fingerprint density at radius 2 is 1.94 bits per heavy atom. The van der Waals surface area contributed by atoms with Crippen LogP contribution in [-0.2, 0) is 6.61 Å². The zero-order valence-corrected chi connectivity index (χ0v) is 10.4. The Kier molecular flexibility index (Phi) is 3.51. The maximum atomic E-state index is 5.46. The molecule has 0 aliphatic carbocycles. The molecule has 82 valence electrons. The van der Waals surface area contributed by atoms with Gasteiger partial charge in [-0.3, -0.25) is 0 Å². The summed E-state index contributed by atoms with van der Waals surface area (Å²) in [6.07, 6.45) is 1.65. The van der Waals surface area contributed by atoms with Crippen molar-refractivity contribution >= 4 is 15.9 Å². The molecule has 2 aromatic rings. The average Bonchev–Trinajstić information content (AvgIpc) is 2.28. The molecule has 3 nitrogen and oxygen atoms in total. The van der Waals surface area contributed by atoms with Gasteiger partial charge in [0.2, 0.25) is 0 Å². The van der Waals surface area contributed by atoms with E-state index in [-0.39, 0.29) is 0 Å². The number of halogens is 1. The topological polar surface area (TPSA) is 35.0 Å². The molecule has 2 rings (SSSR count). The highest BCUT2D eigenvalue weighted by molar-refractivity contribution is 9.10. The van der Waals surface area contributed by atoms with E-state index in [1.54, 1.807) is 12.3 Å². The summed E-state index contributed by atoms with van der Waals surface area (Å²) in [4.78, 5) is 8.10. The van der Waals surface area contributed by atoms with Gasteiger partial charge >= 0.3 is 6.01 Å². The van der Waals surface area contributed by atoms with Gasteiger partial charge in [0.05, 0.1) is 0 Å². The van der Waals surface area contributed by atoms with Gasteiger partial charge in [-0.1, -0.05) is 29.8 Å². The molecule has 0 aliphatic rings. The van der Waals surface area contributed by atoms with Crippen LogP contribution >= 0.6 is 15.9 Å². The largest absolute Gasteiger partial charge is 0.459 e. The van der Waals surface area contributed by atoms with Crippen LogP contribution in [0.25, 0.3) is 0 Å². The molecule has 1 aromatic heterocycles. The summed E-state index contributed by atoms with van der Waals surface area (Å²) in [6.45, 7) is 2.54. The predicted octanol–water partition coefficient (Wildman–Crippen LogP) is 3.13. The van der Waals surface area contributed by atoms with Crippen LogP contribution < -0.4 is 4.74 Å². The summed E-state index contributed by atoms with van der Waals surface area (Å²) < 4.78 is 6.18. The molecule has 0 saturated heterocycles. The lowest BCUT2D eigenvalue weighted by Crippen LogP contribution is -1.99. The highest BCUT2D eigenvalue weighted by Crippen LogP contribution is 2.11. The molecule has 16 heavy (non-hydrogen) atoms. The molecule has 0 unspecified atom stereocenters. The van der Waals surface area contributed by atoms with Crippen LogP contribution in [0.4, 0.5) is 0 Å². The van der Waals surface area contributed by atoms with Crippen molar-refractivity contribution in [1.82, 2.24) is 9.97 Å². The van der Waals surface area contributed by atoms with Crippen LogP contribution in [0.1, 0.15) is 11.1 Å². The minimum atomic E-state index is 0.384. The van der Waals surface area contributed by atoms with Crippen molar-refractivity contribution in [3.05, 3.63) is 52.3 Å². The Bertz CT molecular complexity index is 471. The molecule has 0 spiro atoms. The van der Waals surface area contributed by atoms with Gasteiger partial charge < -0.3 is 4.74 Å². The minimum Gasteiger partial charge on any atom is -0.459 e. The Labute approximate surface area is 103 Å². The minimum absolute atomic E-state index is 0.384. The number of rotatable bonds is 3. The zero-order chi connectivity index (χ0) is 11.4. The highest BCUT2D eigenvalue weighted by Gasteiger charge is 1.99.